The van der Waals surface area contributed by atoms with Crippen LogP contribution in [-0.2, 0) is 4.79 Å². The van der Waals surface area contributed by atoms with Gasteiger partial charge in [0.05, 0.1) is 0 Å². The molecular weight excluding hydrogens is 164 g/mol. The van der Waals surface area contributed by atoms with E-state index in [1.54, 1.807) is 0 Å². The molecule has 0 fully saturated rings. The molecule has 0 spiro atoms. The van der Waals surface area contributed by atoms with Crippen LogP contribution < -0.4 is 0 Å². The van der Waals surface area contributed by atoms with Gasteiger partial charge in [-0.2, -0.15) is 0 Å². The molecule has 68 valence electrons. The average molecular weight is 182 g/mol. The third kappa shape index (κ3) is 5.14. The predicted molar refractivity (Wildman–Crippen MR) is 55.6 cm³/mol. The maximum atomic E-state index is 11.4. The Bertz CT molecular complexity index is 229. The standard InChI is InChI=1S/C10H18OSi/c1-10(2,3)9(11)7-8-12(4,5)6/h1-6H3. The van der Waals surface area contributed by atoms with E-state index in [2.05, 4.69) is 31.1 Å². The van der Waals surface area contributed by atoms with Crippen molar-refractivity contribution < 1.29 is 4.79 Å². The Morgan fingerprint density at radius 2 is 1.58 bits per heavy atom. The zero-order valence-electron chi connectivity index (χ0n) is 8.91. The molecule has 0 rings (SSSR count). The van der Waals surface area contributed by atoms with Crippen LogP contribution in [0.2, 0.25) is 19.6 Å². The van der Waals surface area contributed by atoms with Crippen molar-refractivity contribution in [3.63, 3.8) is 0 Å². The van der Waals surface area contributed by atoms with Crippen LogP contribution in [0, 0.1) is 16.9 Å². The highest BCUT2D eigenvalue weighted by atomic mass is 28.3. The van der Waals surface area contributed by atoms with E-state index in [1.165, 1.54) is 0 Å². The van der Waals surface area contributed by atoms with Crippen LogP contribution in [0.15, 0.2) is 0 Å². The normalized spacial score (nSPS) is 11.8. The molecule has 0 bridgehead atoms. The van der Waals surface area contributed by atoms with Gasteiger partial charge in [-0.25, -0.2) is 0 Å². The van der Waals surface area contributed by atoms with Gasteiger partial charge in [0.2, 0.25) is 5.78 Å². The molecule has 0 aliphatic carbocycles. The van der Waals surface area contributed by atoms with Crippen molar-refractivity contribution in [2.24, 2.45) is 5.41 Å². The minimum absolute atomic E-state index is 0.0462. The van der Waals surface area contributed by atoms with Gasteiger partial charge in [0, 0.05) is 5.41 Å². The smallest absolute Gasteiger partial charge is 0.210 e. The quantitative estimate of drug-likeness (QED) is 0.415. The Kier molecular flexibility index (Phi) is 3.29. The topological polar surface area (TPSA) is 17.1 Å². The summed E-state index contributed by atoms with van der Waals surface area (Å²) in [5, 5.41) is 0. The van der Waals surface area contributed by atoms with E-state index in [-0.39, 0.29) is 11.2 Å². The van der Waals surface area contributed by atoms with Gasteiger partial charge in [-0.05, 0) is 5.92 Å². The van der Waals surface area contributed by atoms with Crippen LogP contribution in [0.1, 0.15) is 20.8 Å². The first kappa shape index (κ1) is 11.4. The van der Waals surface area contributed by atoms with E-state index >= 15 is 0 Å². The molecule has 0 aromatic heterocycles. The molecule has 0 amide bonds. The van der Waals surface area contributed by atoms with Crippen molar-refractivity contribution in [1.29, 1.82) is 0 Å². The molecule has 0 radical (unpaired) electrons. The van der Waals surface area contributed by atoms with Crippen molar-refractivity contribution in [2.75, 3.05) is 0 Å². The van der Waals surface area contributed by atoms with E-state index in [0.29, 0.717) is 0 Å². The maximum Gasteiger partial charge on any atom is 0.210 e. The summed E-state index contributed by atoms with van der Waals surface area (Å²) in [4.78, 5) is 11.4. The van der Waals surface area contributed by atoms with Crippen LogP contribution in [0.3, 0.4) is 0 Å². The van der Waals surface area contributed by atoms with Crippen LogP contribution in [0.4, 0.5) is 0 Å². The SMILES string of the molecule is CC(C)(C)C(=O)C#C[Si](C)(C)C. The molecule has 0 N–H and O–H groups in total. The highest BCUT2D eigenvalue weighted by Crippen LogP contribution is 2.13. The van der Waals surface area contributed by atoms with Gasteiger partial charge < -0.3 is 0 Å². The molecule has 2 heteroatoms. The Morgan fingerprint density at radius 1 is 1.17 bits per heavy atom. The minimum Gasteiger partial charge on any atom is -0.284 e. The second kappa shape index (κ2) is 3.45. The maximum absolute atomic E-state index is 11.4. The fraction of sp³-hybridized carbons (Fsp3) is 0.700. The van der Waals surface area contributed by atoms with Crippen molar-refractivity contribution >= 4 is 13.9 Å². The van der Waals surface area contributed by atoms with Crippen molar-refractivity contribution in [1.82, 2.24) is 0 Å². The second-order valence-corrected chi connectivity index (χ2v) is 9.83. The lowest BCUT2D eigenvalue weighted by Crippen LogP contribution is -2.21. The Morgan fingerprint density at radius 3 is 1.83 bits per heavy atom. The van der Waals surface area contributed by atoms with E-state index in [9.17, 15) is 4.79 Å². The minimum atomic E-state index is -1.38. The van der Waals surface area contributed by atoms with Crippen molar-refractivity contribution in [2.45, 2.75) is 40.4 Å². The first-order valence-corrected chi connectivity index (χ1v) is 7.70. The second-order valence-electron chi connectivity index (χ2n) is 5.08. The zero-order valence-corrected chi connectivity index (χ0v) is 9.91. The van der Waals surface area contributed by atoms with Gasteiger partial charge in [-0.15, -0.1) is 5.54 Å². The first-order valence-electron chi connectivity index (χ1n) is 4.20. The Balaban J connectivity index is 4.46. The average Bonchev–Trinajstić information content (AvgIpc) is 1.78. The molecule has 0 aromatic carbocycles. The van der Waals surface area contributed by atoms with Gasteiger partial charge in [0.15, 0.2) is 0 Å². The fourth-order valence-electron chi connectivity index (χ4n) is 0.432. The molecule has 0 atom stereocenters. The van der Waals surface area contributed by atoms with Crippen LogP contribution in [0.25, 0.3) is 0 Å². The Labute approximate surface area is 76.6 Å². The van der Waals surface area contributed by atoms with Gasteiger partial charge in [-0.3, -0.25) is 4.79 Å². The van der Waals surface area contributed by atoms with Gasteiger partial charge in [0.1, 0.15) is 8.07 Å². The largest absolute Gasteiger partial charge is 0.284 e. The molecule has 0 aliphatic rings. The summed E-state index contributed by atoms with van der Waals surface area (Å²) in [6, 6.07) is 0. The fourth-order valence-corrected chi connectivity index (χ4v) is 0.920. The van der Waals surface area contributed by atoms with E-state index in [0.717, 1.165) is 0 Å². The molecular formula is C10H18OSi. The zero-order chi connectivity index (χ0) is 9.99. The number of hydrogen-bond donors (Lipinski definition) is 0. The number of Topliss-reactive ketones (excluding diaryl/α,β-unsaturated/α-hetero) is 1. The summed E-state index contributed by atoms with van der Waals surface area (Å²) in [5.41, 5.74) is 2.75. The van der Waals surface area contributed by atoms with E-state index in [1.807, 2.05) is 20.8 Å². The molecule has 0 unspecified atom stereocenters. The van der Waals surface area contributed by atoms with Crippen molar-refractivity contribution in [3.05, 3.63) is 0 Å². The molecule has 1 nitrogen and oxygen atoms in total. The third-order valence-corrected chi connectivity index (χ3v) is 2.11. The van der Waals surface area contributed by atoms with Crippen LogP contribution in [0.5, 0.6) is 0 Å². The summed E-state index contributed by atoms with van der Waals surface area (Å²) >= 11 is 0. The van der Waals surface area contributed by atoms with Crippen LogP contribution >= 0.6 is 0 Å². The summed E-state index contributed by atoms with van der Waals surface area (Å²) in [6.07, 6.45) is 0. The number of carbonyl (C=O) groups excluding carboxylic acids is 1. The first-order chi connectivity index (χ1) is 5.13. The molecule has 0 heterocycles. The summed E-state index contributed by atoms with van der Waals surface area (Å²) in [7, 11) is -1.38. The Hall–Kier alpha value is -0.553. The molecule has 0 saturated heterocycles. The molecule has 12 heavy (non-hydrogen) atoms. The lowest BCUT2D eigenvalue weighted by Gasteiger charge is -2.11. The molecule has 0 saturated carbocycles. The summed E-state index contributed by atoms with van der Waals surface area (Å²) in [6.45, 7) is 12.1. The summed E-state index contributed by atoms with van der Waals surface area (Å²) in [5.74, 6) is 2.78. The number of rotatable bonds is 0. The van der Waals surface area contributed by atoms with Gasteiger partial charge in [0.25, 0.3) is 0 Å². The van der Waals surface area contributed by atoms with Gasteiger partial charge in [-0.1, -0.05) is 40.4 Å². The highest BCUT2D eigenvalue weighted by molar-refractivity contribution is 6.84. The number of ketones is 1. The van der Waals surface area contributed by atoms with Crippen molar-refractivity contribution in [3.8, 4) is 11.5 Å². The third-order valence-electron chi connectivity index (χ3n) is 1.23. The van der Waals surface area contributed by atoms with E-state index in [4.69, 9.17) is 0 Å². The summed E-state index contributed by atoms with van der Waals surface area (Å²) < 4.78 is 0. The van der Waals surface area contributed by atoms with E-state index < -0.39 is 8.07 Å². The lowest BCUT2D eigenvalue weighted by atomic mass is 9.91. The highest BCUT2D eigenvalue weighted by Gasteiger charge is 2.19. The predicted octanol–water partition coefficient (Wildman–Crippen LogP) is 2.48. The lowest BCUT2D eigenvalue weighted by molar-refractivity contribution is -0.120. The van der Waals surface area contributed by atoms with Gasteiger partial charge >= 0.3 is 0 Å². The number of carbonyl (C=O) groups is 1. The number of hydrogen-bond acceptors (Lipinski definition) is 1. The monoisotopic (exact) mass is 182 g/mol. The molecule has 0 aliphatic heterocycles. The molecule has 0 aromatic rings. The van der Waals surface area contributed by atoms with Crippen LogP contribution in [-0.4, -0.2) is 13.9 Å².